The highest BCUT2D eigenvalue weighted by Gasteiger charge is 2.23. The van der Waals surface area contributed by atoms with Gasteiger partial charge in [-0.3, -0.25) is 0 Å². The summed E-state index contributed by atoms with van der Waals surface area (Å²) in [4.78, 5) is 0. The molecule has 0 radical (unpaired) electrons. The summed E-state index contributed by atoms with van der Waals surface area (Å²) >= 11 is 0. The van der Waals surface area contributed by atoms with Crippen molar-refractivity contribution >= 4 is 0 Å². The van der Waals surface area contributed by atoms with E-state index in [1.165, 1.54) is 93.7 Å². The fourth-order valence-electron chi connectivity index (χ4n) is 5.57. The summed E-state index contributed by atoms with van der Waals surface area (Å²) in [6.45, 7) is 9.26. The van der Waals surface area contributed by atoms with Gasteiger partial charge in [0.2, 0.25) is 0 Å². The molecule has 0 bridgehead atoms. The van der Waals surface area contributed by atoms with Crippen molar-refractivity contribution in [2.24, 2.45) is 17.8 Å². The molecule has 0 atom stereocenters. The third-order valence-electron chi connectivity index (χ3n) is 7.88. The Bertz CT molecular complexity index is 530. The molecule has 2 aliphatic carbocycles. The maximum absolute atomic E-state index is 2.47. The first-order chi connectivity index (χ1) is 12.5. The Labute approximate surface area is 163 Å². The molecule has 26 heavy (non-hydrogen) atoms. The molecular weight excluding hydrogens is 312 g/mol. The van der Waals surface area contributed by atoms with E-state index in [4.69, 9.17) is 0 Å². The molecule has 2 aliphatic rings. The second-order valence-electron chi connectivity index (χ2n) is 9.91. The van der Waals surface area contributed by atoms with Gasteiger partial charge in [0.15, 0.2) is 0 Å². The van der Waals surface area contributed by atoms with E-state index in [9.17, 15) is 0 Å². The lowest BCUT2D eigenvalue weighted by Gasteiger charge is -2.30. The van der Waals surface area contributed by atoms with Gasteiger partial charge >= 0.3 is 0 Å². The summed E-state index contributed by atoms with van der Waals surface area (Å²) in [5, 5.41) is 0. The van der Waals surface area contributed by atoms with Crippen LogP contribution < -0.4 is 0 Å². The van der Waals surface area contributed by atoms with Crippen molar-refractivity contribution in [1.29, 1.82) is 0 Å². The van der Waals surface area contributed by atoms with E-state index in [1.54, 1.807) is 5.56 Å². The Morgan fingerprint density at radius 1 is 0.692 bits per heavy atom. The molecule has 3 rings (SSSR count). The van der Waals surface area contributed by atoms with Crippen LogP contribution in [0.15, 0.2) is 12.1 Å². The first kappa shape index (κ1) is 20.0. The van der Waals surface area contributed by atoms with Gasteiger partial charge < -0.3 is 0 Å². The van der Waals surface area contributed by atoms with Crippen LogP contribution in [0.5, 0.6) is 0 Å². The highest BCUT2D eigenvalue weighted by Crippen LogP contribution is 2.39. The van der Waals surface area contributed by atoms with Gasteiger partial charge in [-0.2, -0.15) is 0 Å². The number of unbranched alkanes of at least 4 members (excludes halogenated alkanes) is 1. The standard InChI is InChI=1S/C26H42/c1-19-9-11-23(12-10-19)7-5-6-8-24-13-15-25(16-14-24)26-17-20(2)22(4)21(3)18-26/h17-19,23-25H,5-16H2,1-4H3. The van der Waals surface area contributed by atoms with Crippen LogP contribution >= 0.6 is 0 Å². The van der Waals surface area contributed by atoms with Crippen LogP contribution in [0.25, 0.3) is 0 Å². The van der Waals surface area contributed by atoms with Crippen LogP contribution in [0.2, 0.25) is 0 Å². The second-order valence-corrected chi connectivity index (χ2v) is 9.91. The lowest BCUT2D eigenvalue weighted by Crippen LogP contribution is -2.14. The highest BCUT2D eigenvalue weighted by atomic mass is 14.3. The van der Waals surface area contributed by atoms with Crippen LogP contribution in [0.1, 0.15) is 112 Å². The van der Waals surface area contributed by atoms with Gasteiger partial charge in [-0.05, 0) is 92.4 Å². The number of hydrogen-bond acceptors (Lipinski definition) is 0. The second kappa shape index (κ2) is 9.43. The van der Waals surface area contributed by atoms with E-state index >= 15 is 0 Å². The van der Waals surface area contributed by atoms with Crippen molar-refractivity contribution in [3.63, 3.8) is 0 Å². The Kier molecular flexibility index (Phi) is 7.24. The van der Waals surface area contributed by atoms with Crippen molar-refractivity contribution < 1.29 is 0 Å². The van der Waals surface area contributed by atoms with Crippen molar-refractivity contribution in [2.45, 2.75) is 111 Å². The van der Waals surface area contributed by atoms with Crippen LogP contribution in [0, 0.1) is 38.5 Å². The molecule has 0 aliphatic heterocycles. The minimum atomic E-state index is 0.827. The summed E-state index contributed by atoms with van der Waals surface area (Å²) in [5.74, 6) is 3.91. The Hall–Kier alpha value is -0.780. The molecule has 0 nitrogen and oxygen atoms in total. The zero-order chi connectivity index (χ0) is 18.5. The Balaban J connectivity index is 1.35. The van der Waals surface area contributed by atoms with Gasteiger partial charge in [-0.15, -0.1) is 0 Å². The first-order valence-electron chi connectivity index (χ1n) is 11.6. The molecule has 2 saturated carbocycles. The molecule has 2 fully saturated rings. The predicted octanol–water partition coefficient (Wildman–Crippen LogP) is 8.27. The zero-order valence-electron chi connectivity index (χ0n) is 17.9. The number of rotatable bonds is 6. The van der Waals surface area contributed by atoms with Crippen LogP contribution in [0.4, 0.5) is 0 Å². The van der Waals surface area contributed by atoms with E-state index in [-0.39, 0.29) is 0 Å². The van der Waals surface area contributed by atoms with Gasteiger partial charge in [0.05, 0.1) is 0 Å². The highest BCUT2D eigenvalue weighted by molar-refractivity contribution is 5.38. The molecule has 1 aromatic carbocycles. The SMILES string of the molecule is Cc1cc(C2CCC(CCCCC3CCC(C)CC3)CC2)cc(C)c1C. The maximum Gasteiger partial charge on any atom is -0.0162 e. The van der Waals surface area contributed by atoms with E-state index in [1.807, 2.05) is 0 Å². The Morgan fingerprint density at radius 2 is 1.15 bits per heavy atom. The molecule has 0 unspecified atom stereocenters. The van der Waals surface area contributed by atoms with Gasteiger partial charge in [-0.1, -0.05) is 70.4 Å². The van der Waals surface area contributed by atoms with Gasteiger partial charge in [-0.25, -0.2) is 0 Å². The molecule has 1 aromatic rings. The van der Waals surface area contributed by atoms with Crippen molar-refractivity contribution in [1.82, 2.24) is 0 Å². The normalized spacial score (nSPS) is 29.7. The molecule has 0 amide bonds. The predicted molar refractivity (Wildman–Crippen MR) is 115 cm³/mol. The third-order valence-corrected chi connectivity index (χ3v) is 7.88. The summed E-state index contributed by atoms with van der Waals surface area (Å²) in [5.41, 5.74) is 6.07. The summed E-state index contributed by atoms with van der Waals surface area (Å²) in [7, 11) is 0. The fraction of sp³-hybridized carbons (Fsp3) is 0.769. The lowest BCUT2D eigenvalue weighted by atomic mass is 9.76. The maximum atomic E-state index is 2.47. The van der Waals surface area contributed by atoms with E-state index in [0.717, 1.165) is 23.7 Å². The van der Waals surface area contributed by atoms with Gasteiger partial charge in [0.1, 0.15) is 0 Å². The average molecular weight is 355 g/mol. The van der Waals surface area contributed by atoms with E-state index in [0.29, 0.717) is 0 Å². The molecule has 0 spiro atoms. The average Bonchev–Trinajstić information content (AvgIpc) is 2.65. The topological polar surface area (TPSA) is 0 Å². The molecule has 0 heteroatoms. The smallest absolute Gasteiger partial charge is 0.0162 e. The van der Waals surface area contributed by atoms with Crippen LogP contribution in [-0.2, 0) is 0 Å². The lowest BCUT2D eigenvalue weighted by molar-refractivity contribution is 0.262. The van der Waals surface area contributed by atoms with Crippen LogP contribution in [-0.4, -0.2) is 0 Å². The van der Waals surface area contributed by atoms with Crippen LogP contribution in [0.3, 0.4) is 0 Å². The number of benzene rings is 1. The quantitative estimate of drug-likeness (QED) is 0.451. The molecule has 0 saturated heterocycles. The summed E-state index contributed by atoms with van der Waals surface area (Å²) in [6, 6.07) is 4.94. The Morgan fingerprint density at radius 3 is 1.65 bits per heavy atom. The molecule has 0 aromatic heterocycles. The molecule has 0 N–H and O–H groups in total. The molecule has 146 valence electrons. The minimum Gasteiger partial charge on any atom is -0.0625 e. The summed E-state index contributed by atoms with van der Waals surface area (Å²) in [6.07, 6.45) is 17.8. The van der Waals surface area contributed by atoms with Gasteiger partial charge in [0.25, 0.3) is 0 Å². The first-order valence-corrected chi connectivity index (χ1v) is 11.6. The van der Waals surface area contributed by atoms with E-state index in [2.05, 4.69) is 39.8 Å². The summed E-state index contributed by atoms with van der Waals surface area (Å²) < 4.78 is 0. The molecule has 0 heterocycles. The largest absolute Gasteiger partial charge is 0.0625 e. The number of hydrogen-bond donors (Lipinski definition) is 0. The monoisotopic (exact) mass is 354 g/mol. The zero-order valence-corrected chi connectivity index (χ0v) is 17.9. The fourth-order valence-corrected chi connectivity index (χ4v) is 5.57. The van der Waals surface area contributed by atoms with Crippen molar-refractivity contribution in [3.8, 4) is 0 Å². The van der Waals surface area contributed by atoms with E-state index < -0.39 is 0 Å². The number of aryl methyl sites for hydroxylation is 2. The van der Waals surface area contributed by atoms with Gasteiger partial charge in [0, 0.05) is 0 Å². The van der Waals surface area contributed by atoms with Crippen molar-refractivity contribution in [3.05, 3.63) is 34.4 Å². The third kappa shape index (κ3) is 5.37. The molecular formula is C26H42. The van der Waals surface area contributed by atoms with Crippen molar-refractivity contribution in [2.75, 3.05) is 0 Å². The minimum absolute atomic E-state index is 0.827.